The van der Waals surface area contributed by atoms with E-state index in [-0.39, 0.29) is 12.1 Å². The molecule has 2 atom stereocenters. The molecule has 1 aromatic heterocycles. The smallest absolute Gasteiger partial charge is 0.240 e. The molecule has 112 valence electrons. The van der Waals surface area contributed by atoms with Crippen LogP contribution in [-0.4, -0.2) is 36.9 Å². The summed E-state index contributed by atoms with van der Waals surface area (Å²) in [5, 5.41) is 0. The van der Waals surface area contributed by atoms with Gasteiger partial charge in [0.15, 0.2) is 0 Å². The zero-order valence-electron chi connectivity index (χ0n) is 12.0. The number of ether oxygens (including phenoxy) is 3. The van der Waals surface area contributed by atoms with E-state index < -0.39 is 0 Å². The summed E-state index contributed by atoms with van der Waals surface area (Å²) in [5.41, 5.74) is 3.45. The van der Waals surface area contributed by atoms with E-state index in [0.717, 1.165) is 25.9 Å². The molecule has 0 radical (unpaired) electrons. The number of nitrogens with zero attached hydrogens (tertiary/aromatic N) is 2. The topological polar surface area (TPSA) is 91.5 Å². The fourth-order valence-corrected chi connectivity index (χ4v) is 2.37. The number of rotatable bonds is 6. The predicted molar refractivity (Wildman–Crippen MR) is 73.4 cm³/mol. The Balaban J connectivity index is 2.13. The number of nitrogens with one attached hydrogen (secondary N) is 1. The lowest BCUT2D eigenvalue weighted by atomic mass is 10.0. The summed E-state index contributed by atoms with van der Waals surface area (Å²) in [6, 6.07) is -0.161. The highest BCUT2D eigenvalue weighted by Gasteiger charge is 2.24. The number of nitrogens with two attached hydrogens (primary N) is 1. The monoisotopic (exact) mass is 282 g/mol. The quantitative estimate of drug-likeness (QED) is 0.593. The molecule has 0 amide bonds. The Labute approximate surface area is 118 Å². The fourth-order valence-electron chi connectivity index (χ4n) is 2.37. The first-order chi connectivity index (χ1) is 9.78. The van der Waals surface area contributed by atoms with E-state index in [1.807, 2.05) is 0 Å². The molecule has 0 aliphatic carbocycles. The molecule has 3 N–H and O–H groups in total. The van der Waals surface area contributed by atoms with E-state index in [1.165, 1.54) is 13.5 Å². The van der Waals surface area contributed by atoms with Gasteiger partial charge in [0.2, 0.25) is 11.8 Å². The largest absolute Gasteiger partial charge is 0.480 e. The minimum atomic E-state index is -0.161. The van der Waals surface area contributed by atoms with Crippen LogP contribution in [0.2, 0.25) is 0 Å². The van der Waals surface area contributed by atoms with E-state index in [2.05, 4.69) is 15.4 Å². The van der Waals surface area contributed by atoms with Gasteiger partial charge in [-0.2, -0.15) is 4.98 Å². The molecule has 1 fully saturated rings. The van der Waals surface area contributed by atoms with Crippen LogP contribution in [0, 0.1) is 0 Å². The molecule has 1 aliphatic rings. The van der Waals surface area contributed by atoms with Crippen molar-refractivity contribution in [3.63, 3.8) is 0 Å². The first-order valence-corrected chi connectivity index (χ1v) is 6.81. The van der Waals surface area contributed by atoms with Crippen LogP contribution < -0.4 is 20.7 Å². The molecule has 2 unspecified atom stereocenters. The molecule has 0 aromatic carbocycles. The van der Waals surface area contributed by atoms with Crippen molar-refractivity contribution in [3.8, 4) is 11.8 Å². The van der Waals surface area contributed by atoms with Crippen molar-refractivity contribution in [2.75, 3.05) is 20.8 Å². The summed E-state index contributed by atoms with van der Waals surface area (Å²) >= 11 is 0. The molecular formula is C13H22N4O3. The van der Waals surface area contributed by atoms with Gasteiger partial charge in [0.05, 0.1) is 32.6 Å². The summed E-state index contributed by atoms with van der Waals surface area (Å²) < 4.78 is 16.1. The molecule has 2 rings (SSSR count). The lowest BCUT2D eigenvalue weighted by Gasteiger charge is -2.26. The van der Waals surface area contributed by atoms with Gasteiger partial charge in [0.1, 0.15) is 5.69 Å². The van der Waals surface area contributed by atoms with Gasteiger partial charge in [0, 0.05) is 6.61 Å². The summed E-state index contributed by atoms with van der Waals surface area (Å²) in [4.78, 5) is 8.57. The normalized spacial score (nSPS) is 20.4. The molecule has 2 heterocycles. The van der Waals surface area contributed by atoms with Gasteiger partial charge < -0.3 is 14.2 Å². The lowest BCUT2D eigenvalue weighted by Crippen LogP contribution is -2.33. The van der Waals surface area contributed by atoms with Crippen molar-refractivity contribution < 1.29 is 14.2 Å². The van der Waals surface area contributed by atoms with Gasteiger partial charge in [-0.15, -0.1) is 0 Å². The molecule has 20 heavy (non-hydrogen) atoms. The molecular weight excluding hydrogens is 260 g/mol. The van der Waals surface area contributed by atoms with Crippen molar-refractivity contribution in [1.82, 2.24) is 15.4 Å². The number of hydrogen-bond donors (Lipinski definition) is 2. The second-order valence-electron chi connectivity index (χ2n) is 4.75. The molecule has 0 saturated carbocycles. The number of aromatic nitrogens is 2. The van der Waals surface area contributed by atoms with E-state index in [0.29, 0.717) is 17.5 Å². The van der Waals surface area contributed by atoms with Crippen molar-refractivity contribution in [2.24, 2.45) is 5.84 Å². The molecule has 0 bridgehead atoms. The van der Waals surface area contributed by atoms with Crippen LogP contribution >= 0.6 is 0 Å². The SMILES string of the molecule is COc1cnc(C(CC2CCCCO2)NN)c(OC)n1. The maximum atomic E-state index is 5.74. The number of hydrazine groups is 1. The highest BCUT2D eigenvalue weighted by atomic mass is 16.5. The van der Waals surface area contributed by atoms with Crippen LogP contribution in [0.3, 0.4) is 0 Å². The zero-order chi connectivity index (χ0) is 14.4. The highest BCUT2D eigenvalue weighted by Crippen LogP contribution is 2.28. The van der Waals surface area contributed by atoms with Gasteiger partial charge in [-0.05, 0) is 25.7 Å². The van der Waals surface area contributed by atoms with Crippen LogP contribution in [0.5, 0.6) is 11.8 Å². The average Bonchev–Trinajstić information content (AvgIpc) is 2.53. The van der Waals surface area contributed by atoms with Crippen LogP contribution in [0.1, 0.15) is 37.4 Å². The summed E-state index contributed by atoms with van der Waals surface area (Å²) in [7, 11) is 3.09. The van der Waals surface area contributed by atoms with E-state index in [4.69, 9.17) is 20.1 Å². The summed E-state index contributed by atoms with van der Waals surface area (Å²) in [6.45, 7) is 0.813. The zero-order valence-corrected chi connectivity index (χ0v) is 12.0. The van der Waals surface area contributed by atoms with Gasteiger partial charge >= 0.3 is 0 Å². The number of methoxy groups -OCH3 is 2. The summed E-state index contributed by atoms with van der Waals surface area (Å²) in [6.07, 6.45) is 5.86. The first-order valence-electron chi connectivity index (χ1n) is 6.81. The third-order valence-electron chi connectivity index (χ3n) is 3.45. The third kappa shape index (κ3) is 3.56. The Kier molecular flexibility index (Phi) is 5.51. The maximum Gasteiger partial charge on any atom is 0.240 e. The van der Waals surface area contributed by atoms with Crippen molar-refractivity contribution in [3.05, 3.63) is 11.9 Å². The Morgan fingerprint density at radius 1 is 1.45 bits per heavy atom. The summed E-state index contributed by atoms with van der Waals surface area (Å²) in [5.74, 6) is 6.49. The van der Waals surface area contributed by atoms with Crippen molar-refractivity contribution in [1.29, 1.82) is 0 Å². The van der Waals surface area contributed by atoms with Crippen molar-refractivity contribution in [2.45, 2.75) is 37.8 Å². The molecule has 7 heteroatoms. The Bertz CT molecular complexity index is 424. The van der Waals surface area contributed by atoms with Crippen molar-refractivity contribution >= 4 is 0 Å². The van der Waals surface area contributed by atoms with Crippen LogP contribution in [0.4, 0.5) is 0 Å². The van der Waals surface area contributed by atoms with Gasteiger partial charge in [-0.3, -0.25) is 11.3 Å². The van der Waals surface area contributed by atoms with E-state index in [1.54, 1.807) is 13.3 Å². The molecule has 0 spiro atoms. The van der Waals surface area contributed by atoms with Crippen LogP contribution in [0.25, 0.3) is 0 Å². The fraction of sp³-hybridized carbons (Fsp3) is 0.692. The van der Waals surface area contributed by atoms with Gasteiger partial charge in [-0.1, -0.05) is 0 Å². The Morgan fingerprint density at radius 2 is 2.30 bits per heavy atom. The van der Waals surface area contributed by atoms with Gasteiger partial charge in [0.25, 0.3) is 0 Å². The average molecular weight is 282 g/mol. The minimum absolute atomic E-state index is 0.161. The standard InChI is InChI=1S/C13H22N4O3/c1-18-11-8-15-12(13(16-11)19-2)10(17-14)7-9-5-3-4-6-20-9/h8-10,17H,3-7,14H2,1-2H3. The Morgan fingerprint density at radius 3 is 2.90 bits per heavy atom. The molecule has 1 saturated heterocycles. The van der Waals surface area contributed by atoms with E-state index >= 15 is 0 Å². The minimum Gasteiger partial charge on any atom is -0.480 e. The first kappa shape index (κ1) is 15.0. The molecule has 1 aliphatic heterocycles. The van der Waals surface area contributed by atoms with Crippen LogP contribution in [0.15, 0.2) is 6.20 Å². The lowest BCUT2D eigenvalue weighted by molar-refractivity contribution is 0.00459. The molecule has 7 nitrogen and oxygen atoms in total. The second kappa shape index (κ2) is 7.37. The van der Waals surface area contributed by atoms with E-state index in [9.17, 15) is 0 Å². The van der Waals surface area contributed by atoms with Crippen LogP contribution in [-0.2, 0) is 4.74 Å². The Hall–Kier alpha value is -1.44. The number of hydrogen-bond acceptors (Lipinski definition) is 7. The third-order valence-corrected chi connectivity index (χ3v) is 3.45. The highest BCUT2D eigenvalue weighted by molar-refractivity contribution is 5.25. The second-order valence-corrected chi connectivity index (χ2v) is 4.75. The maximum absolute atomic E-state index is 5.74. The van der Waals surface area contributed by atoms with Gasteiger partial charge in [-0.25, -0.2) is 4.98 Å². The predicted octanol–water partition coefficient (Wildman–Crippen LogP) is 0.957. The molecule has 1 aromatic rings.